The molecule has 0 rings (SSSR count). The van der Waals surface area contributed by atoms with Gasteiger partial charge in [-0.1, -0.05) is 0 Å². The van der Waals surface area contributed by atoms with E-state index in [1.165, 1.54) is 0 Å². The lowest BCUT2D eigenvalue weighted by Crippen LogP contribution is -2.36. The molecular formula is C6H10F2O3. The maximum Gasteiger partial charge on any atom is 0.341 e. The number of ether oxygens (including phenoxy) is 3. The third kappa shape index (κ3) is 1.95. The van der Waals surface area contributed by atoms with E-state index in [2.05, 4.69) is 14.2 Å². The van der Waals surface area contributed by atoms with Crippen LogP contribution in [-0.2, 0) is 14.2 Å². The van der Waals surface area contributed by atoms with Crippen molar-refractivity contribution in [3.05, 3.63) is 12.2 Å². The van der Waals surface area contributed by atoms with Gasteiger partial charge in [0.05, 0.1) is 0 Å². The van der Waals surface area contributed by atoms with E-state index in [-0.39, 0.29) is 6.33 Å². The van der Waals surface area contributed by atoms with Gasteiger partial charge in [0.25, 0.3) is 0 Å². The zero-order valence-corrected chi connectivity index (χ0v) is 6.56. The quantitative estimate of drug-likeness (QED) is 0.593. The smallest absolute Gasteiger partial charge is 0.325 e. The normalized spacial score (nSPS) is 13.7. The zero-order chi connectivity index (χ0) is 8.91. The lowest BCUT2D eigenvalue weighted by atomic mass is 10.5. The molecule has 0 saturated heterocycles. The van der Waals surface area contributed by atoms with Crippen LogP contribution in [0.5, 0.6) is 0 Å². The largest absolute Gasteiger partial charge is 0.341 e. The van der Waals surface area contributed by atoms with E-state index in [4.69, 9.17) is 0 Å². The van der Waals surface area contributed by atoms with Crippen LogP contribution in [0.25, 0.3) is 0 Å². The summed E-state index contributed by atoms with van der Waals surface area (Å²) in [6.45, 7) is 0. The highest BCUT2D eigenvalue weighted by Gasteiger charge is 2.36. The van der Waals surface area contributed by atoms with Crippen LogP contribution in [0.4, 0.5) is 8.78 Å². The Morgan fingerprint density at radius 3 is 1.64 bits per heavy atom. The standard InChI is InChI=1S/C6H10F2O3/c1-9-6(10-2,11-3)5(8)4-7/h4H,1-3H3/b5-4-. The fourth-order valence-corrected chi connectivity index (χ4v) is 0.609. The fraction of sp³-hybridized carbons (Fsp3) is 0.667. The van der Waals surface area contributed by atoms with E-state index < -0.39 is 11.8 Å². The molecule has 3 nitrogen and oxygen atoms in total. The van der Waals surface area contributed by atoms with Crippen molar-refractivity contribution in [2.45, 2.75) is 5.97 Å². The molecule has 0 aliphatic carbocycles. The number of rotatable bonds is 4. The van der Waals surface area contributed by atoms with Gasteiger partial charge in [-0.2, -0.15) is 0 Å². The number of hydrogen-bond donors (Lipinski definition) is 0. The molecule has 0 aromatic rings. The molecule has 0 atom stereocenters. The minimum atomic E-state index is -2.05. The lowest BCUT2D eigenvalue weighted by molar-refractivity contribution is -0.335. The molecule has 0 radical (unpaired) electrons. The predicted octanol–water partition coefficient (Wildman–Crippen LogP) is 1.36. The summed E-state index contributed by atoms with van der Waals surface area (Å²) in [5.41, 5.74) is 0. The number of methoxy groups -OCH3 is 3. The Bertz CT molecular complexity index is 134. The third-order valence-electron chi connectivity index (χ3n) is 1.19. The Labute approximate surface area is 63.5 Å². The molecular weight excluding hydrogens is 158 g/mol. The summed E-state index contributed by atoms with van der Waals surface area (Å²) in [5, 5.41) is 0. The van der Waals surface area contributed by atoms with Crippen molar-refractivity contribution >= 4 is 0 Å². The van der Waals surface area contributed by atoms with Crippen LogP contribution in [-0.4, -0.2) is 27.3 Å². The van der Waals surface area contributed by atoms with Gasteiger partial charge >= 0.3 is 5.97 Å². The molecule has 0 aliphatic heterocycles. The van der Waals surface area contributed by atoms with Gasteiger partial charge in [0.15, 0.2) is 0 Å². The van der Waals surface area contributed by atoms with Crippen LogP contribution < -0.4 is 0 Å². The Hall–Kier alpha value is -0.520. The maximum absolute atomic E-state index is 12.6. The van der Waals surface area contributed by atoms with E-state index in [0.717, 1.165) is 21.3 Å². The summed E-state index contributed by atoms with van der Waals surface area (Å²) in [6, 6.07) is 0. The Balaban J connectivity index is 4.54. The third-order valence-corrected chi connectivity index (χ3v) is 1.19. The van der Waals surface area contributed by atoms with Gasteiger partial charge in [-0.3, -0.25) is 0 Å². The molecule has 5 heteroatoms. The van der Waals surface area contributed by atoms with Gasteiger partial charge in [-0.25, -0.2) is 8.78 Å². The summed E-state index contributed by atoms with van der Waals surface area (Å²) in [6.07, 6.45) is -0.281. The van der Waals surface area contributed by atoms with Gasteiger partial charge < -0.3 is 14.2 Å². The van der Waals surface area contributed by atoms with E-state index in [9.17, 15) is 8.78 Å². The van der Waals surface area contributed by atoms with Crippen molar-refractivity contribution < 1.29 is 23.0 Å². The van der Waals surface area contributed by atoms with Crippen LogP contribution in [0.1, 0.15) is 0 Å². The first-order chi connectivity index (χ1) is 5.16. The Morgan fingerprint density at radius 2 is 1.55 bits per heavy atom. The second kappa shape index (κ2) is 4.38. The first kappa shape index (κ1) is 10.5. The van der Waals surface area contributed by atoms with Gasteiger partial charge in [0.2, 0.25) is 5.83 Å². The molecule has 11 heavy (non-hydrogen) atoms. The summed E-state index contributed by atoms with van der Waals surface area (Å²) in [5.74, 6) is -3.32. The van der Waals surface area contributed by atoms with Gasteiger partial charge in [-0.05, 0) is 0 Å². The molecule has 0 saturated carbocycles. The van der Waals surface area contributed by atoms with Gasteiger partial charge in [0, 0.05) is 21.3 Å². The molecule has 0 bridgehead atoms. The van der Waals surface area contributed by atoms with Crippen molar-refractivity contribution in [3.8, 4) is 0 Å². The molecule has 0 aromatic heterocycles. The number of hydrogen-bond acceptors (Lipinski definition) is 3. The summed E-state index contributed by atoms with van der Waals surface area (Å²) >= 11 is 0. The first-order valence-corrected chi connectivity index (χ1v) is 2.78. The van der Waals surface area contributed by atoms with Crippen LogP contribution in [0.3, 0.4) is 0 Å². The van der Waals surface area contributed by atoms with Crippen LogP contribution in [0, 0.1) is 0 Å². The highest BCUT2D eigenvalue weighted by Crippen LogP contribution is 2.23. The minimum Gasteiger partial charge on any atom is -0.325 e. The van der Waals surface area contributed by atoms with Crippen LogP contribution in [0.15, 0.2) is 12.2 Å². The lowest BCUT2D eigenvalue weighted by Gasteiger charge is -2.25. The molecule has 66 valence electrons. The SMILES string of the molecule is COC(OC)(OC)/C(F)=C/F. The Kier molecular flexibility index (Phi) is 4.17. The van der Waals surface area contributed by atoms with Gasteiger partial charge in [0.1, 0.15) is 6.33 Å². The van der Waals surface area contributed by atoms with Crippen molar-refractivity contribution in [1.29, 1.82) is 0 Å². The average Bonchev–Trinajstić information content (AvgIpc) is 2.08. The second-order valence-corrected chi connectivity index (χ2v) is 1.63. The molecule has 0 spiro atoms. The maximum atomic E-state index is 12.6. The van der Waals surface area contributed by atoms with E-state index in [1.807, 2.05) is 0 Å². The molecule has 0 amide bonds. The highest BCUT2D eigenvalue weighted by molar-refractivity contribution is 4.95. The summed E-state index contributed by atoms with van der Waals surface area (Å²) in [4.78, 5) is 0. The molecule has 0 unspecified atom stereocenters. The highest BCUT2D eigenvalue weighted by atomic mass is 19.2. The molecule has 0 heterocycles. The second-order valence-electron chi connectivity index (χ2n) is 1.63. The van der Waals surface area contributed by atoms with Crippen molar-refractivity contribution in [1.82, 2.24) is 0 Å². The molecule has 0 aliphatic rings. The van der Waals surface area contributed by atoms with E-state index >= 15 is 0 Å². The Morgan fingerprint density at radius 1 is 1.18 bits per heavy atom. The monoisotopic (exact) mass is 168 g/mol. The summed E-state index contributed by atoms with van der Waals surface area (Å²) < 4.78 is 37.6. The molecule has 0 N–H and O–H groups in total. The minimum absolute atomic E-state index is 0.281. The topological polar surface area (TPSA) is 27.7 Å². The number of halogens is 2. The van der Waals surface area contributed by atoms with E-state index in [1.54, 1.807) is 0 Å². The predicted molar refractivity (Wildman–Crippen MR) is 34.1 cm³/mol. The van der Waals surface area contributed by atoms with Crippen molar-refractivity contribution in [2.24, 2.45) is 0 Å². The van der Waals surface area contributed by atoms with Crippen LogP contribution >= 0.6 is 0 Å². The van der Waals surface area contributed by atoms with Gasteiger partial charge in [-0.15, -0.1) is 0 Å². The van der Waals surface area contributed by atoms with E-state index in [0.29, 0.717) is 0 Å². The molecule has 0 fully saturated rings. The summed E-state index contributed by atoms with van der Waals surface area (Å²) in [7, 11) is 3.40. The average molecular weight is 168 g/mol. The fourth-order valence-electron chi connectivity index (χ4n) is 0.609. The first-order valence-electron chi connectivity index (χ1n) is 2.78. The van der Waals surface area contributed by atoms with Crippen molar-refractivity contribution in [2.75, 3.05) is 21.3 Å². The van der Waals surface area contributed by atoms with Crippen LogP contribution in [0.2, 0.25) is 0 Å². The zero-order valence-electron chi connectivity index (χ0n) is 6.56. The van der Waals surface area contributed by atoms with Crippen molar-refractivity contribution in [3.63, 3.8) is 0 Å². The molecule has 0 aromatic carbocycles.